The highest BCUT2D eigenvalue weighted by Crippen LogP contribution is 2.35. The van der Waals surface area contributed by atoms with Crippen molar-refractivity contribution in [1.29, 1.82) is 0 Å². The number of carbonyl (C=O) groups excluding carboxylic acids is 1. The van der Waals surface area contributed by atoms with Crippen molar-refractivity contribution in [3.8, 4) is 0 Å². The van der Waals surface area contributed by atoms with Crippen LogP contribution in [0.15, 0.2) is 77.0 Å². The van der Waals surface area contributed by atoms with Crippen molar-refractivity contribution >= 4 is 17.8 Å². The third kappa shape index (κ3) is 5.18. The fourth-order valence-electron chi connectivity index (χ4n) is 4.48. The van der Waals surface area contributed by atoms with Crippen LogP contribution in [0.5, 0.6) is 0 Å². The Morgan fingerprint density at radius 1 is 1.12 bits per heavy atom. The van der Waals surface area contributed by atoms with Gasteiger partial charge in [-0.15, -0.1) is 0 Å². The van der Waals surface area contributed by atoms with Crippen LogP contribution in [0.25, 0.3) is 0 Å². The molecule has 1 saturated heterocycles. The first kappa shape index (κ1) is 22.5. The maximum Gasteiger partial charge on any atom is 0.440 e. The molecule has 6 nitrogen and oxygen atoms in total. The number of hydrogen-bond acceptors (Lipinski definition) is 5. The highest BCUT2D eigenvalue weighted by Gasteiger charge is 2.42. The Labute approximate surface area is 193 Å². The molecular formula is C25H29N4O2S+. The molecule has 1 N–H and O–H groups in total. The normalized spacial score (nSPS) is 20.6. The number of pyridine rings is 2. The summed E-state index contributed by atoms with van der Waals surface area (Å²) in [6.07, 6.45) is 7.37. The summed E-state index contributed by atoms with van der Waals surface area (Å²) < 4.78 is 0.328. The Balaban J connectivity index is 1.48. The molecule has 1 aliphatic rings. The molecule has 7 heteroatoms. The van der Waals surface area contributed by atoms with Gasteiger partial charge in [-0.3, -0.25) is 9.82 Å². The van der Waals surface area contributed by atoms with Crippen LogP contribution in [0.1, 0.15) is 35.4 Å². The number of quaternary nitrogens is 1. The molecule has 0 unspecified atom stereocenters. The molecule has 3 aromatic rings. The van der Waals surface area contributed by atoms with E-state index in [1.165, 1.54) is 18.2 Å². The van der Waals surface area contributed by atoms with Gasteiger partial charge in [-0.1, -0.05) is 36.0 Å². The van der Waals surface area contributed by atoms with Crippen LogP contribution in [0, 0.1) is 6.92 Å². The summed E-state index contributed by atoms with van der Waals surface area (Å²) in [7, 11) is 1.49. The number of aromatic nitrogens is 2. The number of rotatable bonds is 6. The number of likely N-dealkylation sites (tertiary alicyclic amines) is 1. The van der Waals surface area contributed by atoms with Crippen molar-refractivity contribution in [3.63, 3.8) is 0 Å². The monoisotopic (exact) mass is 449 g/mol. The van der Waals surface area contributed by atoms with Crippen molar-refractivity contribution in [2.24, 2.45) is 0 Å². The van der Waals surface area contributed by atoms with E-state index >= 15 is 0 Å². The number of carbonyl (C=O) groups is 1. The van der Waals surface area contributed by atoms with Crippen molar-refractivity contribution in [1.82, 2.24) is 15.4 Å². The minimum absolute atomic E-state index is 0.0917. The lowest BCUT2D eigenvalue weighted by molar-refractivity contribution is -0.870. The van der Waals surface area contributed by atoms with Gasteiger partial charge in [0.05, 0.1) is 20.2 Å². The summed E-state index contributed by atoms with van der Waals surface area (Å²) in [4.78, 5) is 27.8. The summed E-state index contributed by atoms with van der Waals surface area (Å²) in [5.41, 5.74) is 6.36. The standard InChI is InChI=1S/C25H28N4O2S/c1-19-5-3-4-6-23(19)21-11-15-29(16-12-21,25(30)28-31-2)18-20-7-8-24(27-17-20)32-22-9-13-26-14-10-22/h3-10,13-14,17,21H,11-12,15-16,18H2,1-2H3/p+1. The predicted molar refractivity (Wildman–Crippen MR) is 125 cm³/mol. The first-order chi connectivity index (χ1) is 15.6. The molecule has 3 heterocycles. The summed E-state index contributed by atoms with van der Waals surface area (Å²) in [5, 5.41) is 0.922. The largest absolute Gasteiger partial charge is 0.440 e. The van der Waals surface area contributed by atoms with E-state index in [1.54, 1.807) is 24.2 Å². The Bertz CT molecular complexity index is 1040. The van der Waals surface area contributed by atoms with Crippen molar-refractivity contribution in [2.45, 2.75) is 42.1 Å². The van der Waals surface area contributed by atoms with Crippen LogP contribution in [0.2, 0.25) is 0 Å². The quantitative estimate of drug-likeness (QED) is 0.419. The lowest BCUT2D eigenvalue weighted by Crippen LogP contribution is -2.59. The second-order valence-corrected chi connectivity index (χ2v) is 9.38. The second kappa shape index (κ2) is 10.3. The topological polar surface area (TPSA) is 64.1 Å². The molecule has 0 bridgehead atoms. The Hall–Kier alpha value is -2.74. The van der Waals surface area contributed by atoms with Gasteiger partial charge in [0, 0.05) is 41.9 Å². The summed E-state index contributed by atoms with van der Waals surface area (Å²) >= 11 is 1.60. The molecule has 32 heavy (non-hydrogen) atoms. The van der Waals surface area contributed by atoms with Crippen LogP contribution < -0.4 is 5.48 Å². The van der Waals surface area contributed by atoms with E-state index < -0.39 is 0 Å². The summed E-state index contributed by atoms with van der Waals surface area (Å²) in [6, 6.07) is 16.5. The highest BCUT2D eigenvalue weighted by atomic mass is 32.2. The van der Waals surface area contributed by atoms with Gasteiger partial charge in [0.2, 0.25) is 0 Å². The number of amides is 2. The third-order valence-electron chi connectivity index (χ3n) is 6.21. The molecule has 2 aromatic heterocycles. The maximum atomic E-state index is 13.0. The fraction of sp³-hybridized carbons (Fsp3) is 0.320. The van der Waals surface area contributed by atoms with Crippen molar-refractivity contribution in [2.75, 3.05) is 20.2 Å². The van der Waals surface area contributed by atoms with Gasteiger partial charge < -0.3 is 0 Å². The molecule has 0 spiro atoms. The van der Waals surface area contributed by atoms with Gasteiger partial charge in [0.15, 0.2) is 0 Å². The van der Waals surface area contributed by atoms with Crippen LogP contribution in [0.3, 0.4) is 0 Å². The first-order valence-corrected chi connectivity index (χ1v) is 11.7. The number of hydrogen-bond donors (Lipinski definition) is 1. The first-order valence-electron chi connectivity index (χ1n) is 10.9. The maximum absolute atomic E-state index is 13.0. The summed E-state index contributed by atoms with van der Waals surface area (Å²) in [5.74, 6) is 0.482. The van der Waals surface area contributed by atoms with E-state index in [9.17, 15) is 4.79 Å². The Morgan fingerprint density at radius 2 is 1.88 bits per heavy atom. The molecule has 1 aromatic carbocycles. The van der Waals surface area contributed by atoms with E-state index in [1.807, 2.05) is 24.4 Å². The minimum atomic E-state index is -0.0917. The molecular weight excluding hydrogens is 420 g/mol. The number of urea groups is 1. The van der Waals surface area contributed by atoms with E-state index in [2.05, 4.69) is 52.7 Å². The fourth-order valence-corrected chi connectivity index (χ4v) is 5.22. The highest BCUT2D eigenvalue weighted by molar-refractivity contribution is 7.99. The molecule has 0 atom stereocenters. The third-order valence-corrected chi connectivity index (χ3v) is 7.17. The second-order valence-electron chi connectivity index (χ2n) is 8.28. The predicted octanol–water partition coefficient (Wildman–Crippen LogP) is 5.10. The number of piperidine rings is 1. The zero-order valence-electron chi connectivity index (χ0n) is 18.5. The van der Waals surface area contributed by atoms with E-state index in [0.29, 0.717) is 16.9 Å². The Kier molecular flexibility index (Phi) is 7.19. The number of nitrogens with one attached hydrogen (secondary N) is 1. The molecule has 166 valence electrons. The van der Waals surface area contributed by atoms with Crippen LogP contribution in [-0.2, 0) is 11.4 Å². The lowest BCUT2D eigenvalue weighted by atomic mass is 9.86. The molecule has 1 aliphatic heterocycles. The number of hydroxylamine groups is 1. The molecule has 1 fully saturated rings. The smallest absolute Gasteiger partial charge is 0.272 e. The molecule has 0 aliphatic carbocycles. The van der Waals surface area contributed by atoms with Crippen LogP contribution >= 0.6 is 11.8 Å². The van der Waals surface area contributed by atoms with Gasteiger partial charge in [-0.2, -0.15) is 5.48 Å². The van der Waals surface area contributed by atoms with Gasteiger partial charge >= 0.3 is 6.03 Å². The van der Waals surface area contributed by atoms with E-state index in [4.69, 9.17) is 4.84 Å². The number of nitrogens with zero attached hydrogens (tertiary/aromatic N) is 3. The lowest BCUT2D eigenvalue weighted by Gasteiger charge is -2.41. The summed E-state index contributed by atoms with van der Waals surface area (Å²) in [6.45, 7) is 4.30. The molecule has 2 amide bonds. The van der Waals surface area contributed by atoms with E-state index in [0.717, 1.165) is 41.4 Å². The van der Waals surface area contributed by atoms with Gasteiger partial charge in [0.25, 0.3) is 0 Å². The van der Waals surface area contributed by atoms with Gasteiger partial charge in [0.1, 0.15) is 11.6 Å². The number of aryl methyl sites for hydroxylation is 1. The van der Waals surface area contributed by atoms with Crippen LogP contribution in [0.4, 0.5) is 4.79 Å². The zero-order chi connectivity index (χ0) is 22.4. The zero-order valence-corrected chi connectivity index (χ0v) is 19.3. The minimum Gasteiger partial charge on any atom is -0.272 e. The average Bonchev–Trinajstić information content (AvgIpc) is 2.82. The number of benzene rings is 1. The van der Waals surface area contributed by atoms with E-state index in [-0.39, 0.29) is 6.03 Å². The van der Waals surface area contributed by atoms with Crippen molar-refractivity contribution in [3.05, 3.63) is 83.8 Å². The van der Waals surface area contributed by atoms with Crippen molar-refractivity contribution < 1.29 is 14.1 Å². The van der Waals surface area contributed by atoms with Gasteiger partial charge in [-0.25, -0.2) is 14.3 Å². The van der Waals surface area contributed by atoms with Gasteiger partial charge in [-0.05, 0) is 48.2 Å². The molecule has 0 radical (unpaired) electrons. The SMILES string of the molecule is CONC(=O)[N+]1(Cc2ccc(Sc3ccncc3)nc2)CCC(c2ccccc2C)CC1. The Morgan fingerprint density at radius 3 is 2.53 bits per heavy atom. The molecule has 4 rings (SSSR count). The molecule has 0 saturated carbocycles. The van der Waals surface area contributed by atoms with Crippen LogP contribution in [-0.4, -0.2) is 40.7 Å². The average molecular weight is 450 g/mol.